The highest BCUT2D eigenvalue weighted by molar-refractivity contribution is 7.99. The van der Waals surface area contributed by atoms with Crippen molar-refractivity contribution < 1.29 is 0 Å². The van der Waals surface area contributed by atoms with Crippen molar-refractivity contribution in [2.45, 2.75) is 43.9 Å². The maximum Gasteiger partial charge on any atom is 0.128 e. The lowest BCUT2D eigenvalue weighted by Gasteiger charge is -2.21. The Morgan fingerprint density at radius 3 is 2.83 bits per heavy atom. The van der Waals surface area contributed by atoms with Crippen LogP contribution in [-0.2, 0) is 0 Å². The molecule has 1 unspecified atom stereocenters. The summed E-state index contributed by atoms with van der Waals surface area (Å²) < 4.78 is 0. The molecule has 0 bridgehead atoms. The summed E-state index contributed by atoms with van der Waals surface area (Å²) in [5, 5.41) is 4.23. The molecule has 0 aliphatic heterocycles. The SMILES string of the molecule is CNC(CSC1CCCC1)c1c(C)ccnc1N. The average molecular weight is 265 g/mol. The first-order valence-electron chi connectivity index (χ1n) is 6.72. The summed E-state index contributed by atoms with van der Waals surface area (Å²) in [4.78, 5) is 4.22. The zero-order valence-corrected chi connectivity index (χ0v) is 12.1. The van der Waals surface area contributed by atoms with Gasteiger partial charge in [0.2, 0.25) is 0 Å². The fraction of sp³-hybridized carbons (Fsp3) is 0.643. The fourth-order valence-corrected chi connectivity index (χ4v) is 4.11. The predicted molar refractivity (Wildman–Crippen MR) is 79.9 cm³/mol. The number of nitrogens with two attached hydrogens (primary N) is 1. The van der Waals surface area contributed by atoms with Gasteiger partial charge in [0.05, 0.1) is 0 Å². The lowest BCUT2D eigenvalue weighted by atomic mass is 10.0. The van der Waals surface area contributed by atoms with Gasteiger partial charge in [-0.25, -0.2) is 4.98 Å². The largest absolute Gasteiger partial charge is 0.383 e. The third kappa shape index (κ3) is 3.18. The molecule has 1 fully saturated rings. The molecule has 0 spiro atoms. The Hall–Kier alpha value is -0.740. The van der Waals surface area contributed by atoms with Crippen molar-refractivity contribution in [3.05, 3.63) is 23.4 Å². The maximum atomic E-state index is 6.02. The van der Waals surface area contributed by atoms with Gasteiger partial charge < -0.3 is 11.1 Å². The molecule has 0 amide bonds. The number of hydrogen-bond acceptors (Lipinski definition) is 4. The minimum Gasteiger partial charge on any atom is -0.383 e. The standard InChI is InChI=1S/C14H23N3S/c1-10-7-8-17-14(15)13(10)12(16-2)9-18-11-5-3-4-6-11/h7-8,11-12,16H,3-6,9H2,1-2H3,(H2,15,17). The molecule has 1 aromatic rings. The zero-order chi connectivity index (χ0) is 13.0. The molecule has 3 nitrogen and oxygen atoms in total. The molecule has 18 heavy (non-hydrogen) atoms. The summed E-state index contributed by atoms with van der Waals surface area (Å²) >= 11 is 2.08. The minimum atomic E-state index is 0.310. The van der Waals surface area contributed by atoms with E-state index in [4.69, 9.17) is 5.73 Å². The fourth-order valence-electron chi connectivity index (χ4n) is 2.64. The van der Waals surface area contributed by atoms with E-state index < -0.39 is 0 Å². The van der Waals surface area contributed by atoms with E-state index in [9.17, 15) is 0 Å². The Balaban J connectivity index is 2.03. The molecule has 0 radical (unpaired) electrons. The van der Waals surface area contributed by atoms with Gasteiger partial charge in [-0.15, -0.1) is 0 Å². The van der Waals surface area contributed by atoms with Crippen molar-refractivity contribution in [2.24, 2.45) is 0 Å². The molecule has 3 N–H and O–H groups in total. The van der Waals surface area contributed by atoms with E-state index in [0.29, 0.717) is 11.9 Å². The van der Waals surface area contributed by atoms with Crippen LogP contribution in [-0.4, -0.2) is 23.0 Å². The molecule has 1 aromatic heterocycles. The highest BCUT2D eigenvalue weighted by Crippen LogP contribution is 2.33. The number of thioether (sulfide) groups is 1. The van der Waals surface area contributed by atoms with Crippen molar-refractivity contribution in [2.75, 3.05) is 18.5 Å². The van der Waals surface area contributed by atoms with Crippen molar-refractivity contribution in [1.29, 1.82) is 0 Å². The van der Waals surface area contributed by atoms with Gasteiger partial charge >= 0.3 is 0 Å². The molecule has 100 valence electrons. The molecule has 1 aliphatic carbocycles. The molecule has 1 atom stereocenters. The third-order valence-corrected chi connectivity index (χ3v) is 5.21. The monoisotopic (exact) mass is 265 g/mol. The van der Waals surface area contributed by atoms with Crippen LogP contribution >= 0.6 is 11.8 Å². The van der Waals surface area contributed by atoms with Gasteiger partial charge in [0.1, 0.15) is 5.82 Å². The molecular formula is C14H23N3S. The molecule has 0 aromatic carbocycles. The van der Waals surface area contributed by atoms with Gasteiger partial charge in [-0.1, -0.05) is 12.8 Å². The number of nitrogens with one attached hydrogen (secondary N) is 1. The highest BCUT2D eigenvalue weighted by atomic mass is 32.2. The van der Waals surface area contributed by atoms with Crippen LogP contribution in [0.2, 0.25) is 0 Å². The Labute approximate surface area is 114 Å². The third-order valence-electron chi connectivity index (χ3n) is 3.74. The van der Waals surface area contributed by atoms with Crippen LogP contribution in [0.5, 0.6) is 0 Å². The minimum absolute atomic E-state index is 0.310. The Bertz CT molecular complexity index is 368. The maximum absolute atomic E-state index is 6.02. The zero-order valence-electron chi connectivity index (χ0n) is 11.3. The van der Waals surface area contributed by atoms with Crippen LogP contribution in [0.25, 0.3) is 0 Å². The molecular weight excluding hydrogens is 242 g/mol. The van der Waals surface area contributed by atoms with Crippen molar-refractivity contribution >= 4 is 17.6 Å². The summed E-state index contributed by atoms with van der Waals surface area (Å²) in [5.74, 6) is 1.75. The summed E-state index contributed by atoms with van der Waals surface area (Å²) in [7, 11) is 2.01. The van der Waals surface area contributed by atoms with E-state index in [-0.39, 0.29) is 0 Å². The number of nitrogens with zero attached hydrogens (tertiary/aromatic N) is 1. The van der Waals surface area contributed by atoms with Gasteiger partial charge in [-0.2, -0.15) is 11.8 Å². The van der Waals surface area contributed by atoms with Gasteiger partial charge in [0.15, 0.2) is 0 Å². The summed E-state index contributed by atoms with van der Waals surface area (Å²) in [6.45, 7) is 2.11. The van der Waals surface area contributed by atoms with Crippen molar-refractivity contribution in [3.63, 3.8) is 0 Å². The summed E-state index contributed by atoms with van der Waals surface area (Å²) in [5.41, 5.74) is 8.42. The summed E-state index contributed by atoms with van der Waals surface area (Å²) in [6.07, 6.45) is 7.34. The van der Waals surface area contributed by atoms with Crippen LogP contribution in [0.15, 0.2) is 12.3 Å². The van der Waals surface area contributed by atoms with E-state index in [0.717, 1.165) is 11.0 Å². The number of hydrogen-bond donors (Lipinski definition) is 2. The lowest BCUT2D eigenvalue weighted by Crippen LogP contribution is -2.22. The molecule has 1 aliphatic rings. The normalized spacial score (nSPS) is 18.1. The molecule has 1 saturated carbocycles. The van der Waals surface area contributed by atoms with Gasteiger partial charge in [-0.05, 0) is 38.4 Å². The lowest BCUT2D eigenvalue weighted by molar-refractivity contribution is 0.655. The Morgan fingerprint density at radius 1 is 1.50 bits per heavy atom. The highest BCUT2D eigenvalue weighted by Gasteiger charge is 2.20. The Kier molecular flexibility index (Phi) is 4.89. The molecule has 0 saturated heterocycles. The number of rotatable bonds is 5. The van der Waals surface area contributed by atoms with Gasteiger partial charge in [-0.3, -0.25) is 0 Å². The van der Waals surface area contributed by atoms with Gasteiger partial charge in [0, 0.05) is 28.8 Å². The number of aromatic nitrogens is 1. The predicted octanol–water partition coefficient (Wildman–Crippen LogP) is 2.91. The Morgan fingerprint density at radius 2 is 2.22 bits per heavy atom. The van der Waals surface area contributed by atoms with Crippen LogP contribution in [0.4, 0.5) is 5.82 Å². The average Bonchev–Trinajstić information content (AvgIpc) is 2.86. The second kappa shape index (κ2) is 6.43. The number of pyridine rings is 1. The number of anilines is 1. The first-order valence-corrected chi connectivity index (χ1v) is 7.77. The molecule has 2 rings (SSSR count). The topological polar surface area (TPSA) is 50.9 Å². The first-order chi connectivity index (χ1) is 8.72. The summed E-state index contributed by atoms with van der Waals surface area (Å²) in [6, 6.07) is 2.35. The van der Waals surface area contributed by atoms with Crippen molar-refractivity contribution in [1.82, 2.24) is 10.3 Å². The molecule has 4 heteroatoms. The second-order valence-corrected chi connectivity index (χ2v) is 6.34. The van der Waals surface area contributed by atoms with Crippen LogP contribution in [0, 0.1) is 6.92 Å². The van der Waals surface area contributed by atoms with Gasteiger partial charge in [0.25, 0.3) is 0 Å². The number of nitrogen functional groups attached to an aromatic ring is 1. The molecule has 1 heterocycles. The van der Waals surface area contributed by atoms with E-state index >= 15 is 0 Å². The van der Waals surface area contributed by atoms with E-state index in [2.05, 4.69) is 29.0 Å². The van der Waals surface area contributed by atoms with E-state index in [1.54, 1.807) is 6.20 Å². The smallest absolute Gasteiger partial charge is 0.128 e. The van der Waals surface area contributed by atoms with Crippen molar-refractivity contribution in [3.8, 4) is 0 Å². The van der Waals surface area contributed by atoms with Crippen LogP contribution < -0.4 is 11.1 Å². The first kappa shape index (κ1) is 13.7. The van der Waals surface area contributed by atoms with E-state index in [1.165, 1.54) is 36.8 Å². The van der Waals surface area contributed by atoms with E-state index in [1.807, 2.05) is 13.1 Å². The quantitative estimate of drug-likeness (QED) is 0.859. The van der Waals surface area contributed by atoms with Crippen LogP contribution in [0.3, 0.4) is 0 Å². The number of aryl methyl sites for hydroxylation is 1. The second-order valence-electron chi connectivity index (χ2n) is 5.01. The van der Waals surface area contributed by atoms with Crippen LogP contribution in [0.1, 0.15) is 42.9 Å².